The second kappa shape index (κ2) is 5.60. The molecule has 1 aliphatic heterocycles. The number of nitrogens with one attached hydrogen (secondary N) is 1. The lowest BCUT2D eigenvalue weighted by Gasteiger charge is -2.20. The largest absolute Gasteiger partial charge is 0.442 e. The van der Waals surface area contributed by atoms with Crippen LogP contribution in [0.4, 0.5) is 0 Å². The van der Waals surface area contributed by atoms with Crippen LogP contribution in [0.2, 0.25) is 0 Å². The van der Waals surface area contributed by atoms with Gasteiger partial charge in [-0.15, -0.1) is 5.53 Å². The van der Waals surface area contributed by atoms with Crippen LogP contribution in [0.15, 0.2) is 29.4 Å². The summed E-state index contributed by atoms with van der Waals surface area (Å²) >= 11 is 0. The molecule has 1 heterocycles. The molecule has 0 saturated carbocycles. The third-order valence-corrected chi connectivity index (χ3v) is 2.87. The van der Waals surface area contributed by atoms with Gasteiger partial charge >= 0.3 is 5.97 Å². The molecule has 0 radical (unpaired) electrons. The molecule has 0 fully saturated rings. The average Bonchev–Trinajstić information content (AvgIpc) is 2.83. The second-order valence-corrected chi connectivity index (χ2v) is 5.82. The number of benzene rings is 1. The summed E-state index contributed by atoms with van der Waals surface area (Å²) in [7, 11) is 0. The summed E-state index contributed by atoms with van der Waals surface area (Å²) in [5.41, 5.74) is 6.18. The fraction of sp³-hybridized carbons (Fsp3) is 0.429. The molecule has 0 unspecified atom stereocenters. The molecular weight excluding hydrogens is 256 g/mol. The maximum absolute atomic E-state index is 11.8. The SMILES string of the molecule is Cc1cccc(C2=N[NH2+]NN2COC(=O)C(C)(C)C)c1. The molecule has 108 valence electrons. The number of nitrogens with zero attached hydrogens (tertiary/aromatic N) is 2. The molecule has 3 N–H and O–H groups in total. The van der Waals surface area contributed by atoms with E-state index in [1.54, 1.807) is 10.5 Å². The van der Waals surface area contributed by atoms with Gasteiger partial charge in [0.1, 0.15) is 0 Å². The van der Waals surface area contributed by atoms with Crippen molar-refractivity contribution in [2.45, 2.75) is 27.7 Å². The minimum Gasteiger partial charge on any atom is -0.442 e. The first-order valence-electron chi connectivity index (χ1n) is 6.55. The molecule has 0 aliphatic carbocycles. The number of hydrogen-bond acceptors (Lipinski definition) is 5. The average molecular weight is 277 g/mol. The Hall–Kier alpha value is -1.92. The van der Waals surface area contributed by atoms with E-state index in [1.165, 1.54) is 0 Å². The van der Waals surface area contributed by atoms with Gasteiger partial charge in [0.2, 0.25) is 5.84 Å². The molecule has 6 nitrogen and oxygen atoms in total. The third-order valence-electron chi connectivity index (χ3n) is 2.87. The van der Waals surface area contributed by atoms with Crippen molar-refractivity contribution in [2.24, 2.45) is 10.5 Å². The molecule has 0 amide bonds. The topological polar surface area (TPSA) is 70.5 Å². The fourth-order valence-corrected chi connectivity index (χ4v) is 1.74. The molecule has 1 aromatic carbocycles. The molecule has 20 heavy (non-hydrogen) atoms. The second-order valence-electron chi connectivity index (χ2n) is 5.82. The molecule has 1 aliphatic rings. The van der Waals surface area contributed by atoms with E-state index in [9.17, 15) is 4.79 Å². The zero-order valence-corrected chi connectivity index (χ0v) is 12.3. The van der Waals surface area contributed by atoms with E-state index < -0.39 is 5.41 Å². The lowest BCUT2D eigenvalue weighted by atomic mass is 9.98. The Kier molecular flexibility index (Phi) is 4.06. The molecular formula is C14H21N4O2+. The molecule has 0 spiro atoms. The van der Waals surface area contributed by atoms with Gasteiger partial charge in [-0.3, -0.25) is 4.79 Å². The lowest BCUT2D eigenvalue weighted by Crippen LogP contribution is -2.87. The molecule has 2 rings (SSSR count). The van der Waals surface area contributed by atoms with Crippen molar-refractivity contribution >= 4 is 11.8 Å². The first kappa shape index (κ1) is 14.5. The fourth-order valence-electron chi connectivity index (χ4n) is 1.74. The van der Waals surface area contributed by atoms with Crippen molar-refractivity contribution in [3.63, 3.8) is 0 Å². The Bertz CT molecular complexity index is 534. The van der Waals surface area contributed by atoms with Crippen LogP contribution in [0, 0.1) is 12.3 Å². The number of hydrazine groups is 1. The van der Waals surface area contributed by atoms with Gasteiger partial charge in [-0.05, 0) is 44.4 Å². The van der Waals surface area contributed by atoms with Crippen LogP contribution in [-0.4, -0.2) is 23.5 Å². The zero-order chi connectivity index (χ0) is 14.8. The van der Waals surface area contributed by atoms with Crippen LogP contribution in [0.5, 0.6) is 0 Å². The Morgan fingerprint density at radius 3 is 2.85 bits per heavy atom. The summed E-state index contributed by atoms with van der Waals surface area (Å²) in [6, 6.07) is 8.02. The quantitative estimate of drug-likeness (QED) is 0.623. The van der Waals surface area contributed by atoms with Crippen LogP contribution in [0.1, 0.15) is 31.9 Å². The summed E-state index contributed by atoms with van der Waals surface area (Å²) in [6.45, 7) is 7.64. The highest BCUT2D eigenvalue weighted by molar-refractivity contribution is 5.98. The van der Waals surface area contributed by atoms with Crippen molar-refractivity contribution in [1.82, 2.24) is 10.5 Å². The monoisotopic (exact) mass is 277 g/mol. The van der Waals surface area contributed by atoms with Crippen molar-refractivity contribution in [3.8, 4) is 0 Å². The van der Waals surface area contributed by atoms with E-state index in [1.807, 2.05) is 52.0 Å². The van der Waals surface area contributed by atoms with E-state index in [0.29, 0.717) is 0 Å². The molecule has 6 heteroatoms. The Morgan fingerprint density at radius 2 is 2.20 bits per heavy atom. The predicted molar refractivity (Wildman–Crippen MR) is 75.0 cm³/mol. The van der Waals surface area contributed by atoms with Gasteiger partial charge in [0, 0.05) is 5.56 Å². The first-order valence-corrected chi connectivity index (χ1v) is 6.55. The van der Waals surface area contributed by atoms with Crippen LogP contribution in [0.25, 0.3) is 0 Å². The van der Waals surface area contributed by atoms with Gasteiger partial charge in [0.05, 0.1) is 5.41 Å². The number of nitrogens with two attached hydrogens (primary N) is 1. The highest BCUT2D eigenvalue weighted by Gasteiger charge is 2.27. The summed E-state index contributed by atoms with van der Waals surface area (Å²) in [6.07, 6.45) is 0. The molecule has 0 aromatic heterocycles. The van der Waals surface area contributed by atoms with E-state index in [2.05, 4.69) is 10.6 Å². The van der Waals surface area contributed by atoms with Crippen molar-refractivity contribution < 1.29 is 15.1 Å². The zero-order valence-electron chi connectivity index (χ0n) is 12.3. The Morgan fingerprint density at radius 1 is 1.45 bits per heavy atom. The number of rotatable bonds is 3. The van der Waals surface area contributed by atoms with Crippen LogP contribution in [0.3, 0.4) is 0 Å². The summed E-state index contributed by atoms with van der Waals surface area (Å²) in [5, 5.41) is 5.99. The lowest BCUT2D eigenvalue weighted by molar-refractivity contribution is -0.726. The van der Waals surface area contributed by atoms with E-state index in [0.717, 1.165) is 17.0 Å². The van der Waals surface area contributed by atoms with Crippen molar-refractivity contribution in [2.75, 3.05) is 6.73 Å². The normalized spacial score (nSPS) is 15.2. The number of quaternary nitrogens is 1. The van der Waals surface area contributed by atoms with E-state index >= 15 is 0 Å². The standard InChI is InChI=1S/C14H20N4O2/c1-10-6-5-7-11(8-10)12-15-16-17-18(12)9-20-13(19)14(2,3)4/h5-8,16-17H,9H2,1-4H3/p+1. The predicted octanol–water partition coefficient (Wildman–Crippen LogP) is 0.502. The van der Waals surface area contributed by atoms with Crippen LogP contribution < -0.4 is 11.1 Å². The smallest absolute Gasteiger partial charge is 0.312 e. The number of amidine groups is 1. The number of carbonyl (C=O) groups is 1. The minimum atomic E-state index is -0.510. The number of hydrogen-bond donors (Lipinski definition) is 2. The van der Waals surface area contributed by atoms with E-state index in [4.69, 9.17) is 4.74 Å². The van der Waals surface area contributed by atoms with Gasteiger partial charge in [0.25, 0.3) is 0 Å². The first-order chi connectivity index (χ1) is 9.38. The van der Waals surface area contributed by atoms with Crippen molar-refractivity contribution in [1.29, 1.82) is 0 Å². The highest BCUT2D eigenvalue weighted by atomic mass is 16.5. The molecule has 0 atom stereocenters. The number of aryl methyl sites for hydroxylation is 1. The van der Waals surface area contributed by atoms with Gasteiger partial charge in [-0.2, -0.15) is 0 Å². The number of ether oxygens (including phenoxy) is 1. The third kappa shape index (κ3) is 3.34. The summed E-state index contributed by atoms with van der Waals surface area (Å²) in [5.74, 6) is 0.505. The van der Waals surface area contributed by atoms with Gasteiger partial charge in [-0.25, -0.2) is 5.01 Å². The molecule has 0 saturated heterocycles. The summed E-state index contributed by atoms with van der Waals surface area (Å²) in [4.78, 5) is 11.8. The molecule has 1 aromatic rings. The van der Waals surface area contributed by atoms with Crippen molar-refractivity contribution in [3.05, 3.63) is 35.4 Å². The Balaban J connectivity index is 2.03. The van der Waals surface area contributed by atoms with E-state index in [-0.39, 0.29) is 12.7 Å². The van der Waals surface area contributed by atoms with Gasteiger partial charge in [-0.1, -0.05) is 23.8 Å². The van der Waals surface area contributed by atoms with Gasteiger partial charge in [0.15, 0.2) is 6.73 Å². The highest BCUT2D eigenvalue weighted by Crippen LogP contribution is 2.15. The number of esters is 1. The minimum absolute atomic E-state index is 0.124. The van der Waals surface area contributed by atoms with Crippen LogP contribution in [-0.2, 0) is 9.53 Å². The number of carbonyl (C=O) groups excluding carboxylic acids is 1. The Labute approximate surface area is 118 Å². The maximum Gasteiger partial charge on any atom is 0.312 e. The van der Waals surface area contributed by atoms with Gasteiger partial charge < -0.3 is 4.74 Å². The summed E-state index contributed by atoms with van der Waals surface area (Å²) < 4.78 is 5.30. The maximum atomic E-state index is 11.8. The van der Waals surface area contributed by atoms with Crippen LogP contribution >= 0.6 is 0 Å². The molecule has 0 bridgehead atoms.